The molecule has 1 N–H and O–H groups in total. The van der Waals surface area contributed by atoms with E-state index in [1.54, 1.807) is 7.05 Å². The van der Waals surface area contributed by atoms with E-state index in [4.69, 9.17) is 0 Å². The van der Waals surface area contributed by atoms with Crippen molar-refractivity contribution in [3.05, 3.63) is 39.6 Å². The summed E-state index contributed by atoms with van der Waals surface area (Å²) in [5.74, 6) is 0. The van der Waals surface area contributed by atoms with Gasteiger partial charge in [0.1, 0.15) is 5.52 Å². The maximum Gasteiger partial charge on any atom is 0.332 e. The molecule has 0 atom stereocenters. The molecule has 0 aliphatic carbocycles. The van der Waals surface area contributed by atoms with Gasteiger partial charge in [-0.25, -0.2) is 9.78 Å². The van der Waals surface area contributed by atoms with Crippen LogP contribution in [0.5, 0.6) is 0 Å². The highest BCUT2D eigenvalue weighted by molar-refractivity contribution is 5.68. The number of H-pyrrole nitrogens is 1. The average molecular weight is 461 g/mol. The monoisotopic (exact) mass is 460 g/mol. The Morgan fingerprint density at radius 2 is 1.39 bits per heavy atom. The number of aromatic amines is 1. The summed E-state index contributed by atoms with van der Waals surface area (Å²) in [7, 11) is 5.15. The van der Waals surface area contributed by atoms with Crippen LogP contribution in [-0.2, 0) is 14.1 Å². The van der Waals surface area contributed by atoms with Gasteiger partial charge < -0.3 is 14.8 Å². The van der Waals surface area contributed by atoms with Gasteiger partial charge in [0.15, 0.2) is 5.65 Å². The minimum atomic E-state index is -0.371. The van der Waals surface area contributed by atoms with Crippen LogP contribution in [0.4, 0.5) is 0 Å². The molecule has 3 heterocycles. The summed E-state index contributed by atoms with van der Waals surface area (Å²) in [5.41, 5.74) is 0.0119. The summed E-state index contributed by atoms with van der Waals surface area (Å²) < 4.78 is 2.37. The molecule has 0 saturated carbocycles. The fourth-order valence-corrected chi connectivity index (χ4v) is 4.16. The minimum Gasteiger partial charge on any atom is -0.362 e. The third-order valence-electron chi connectivity index (χ3n) is 6.26. The highest BCUT2D eigenvalue weighted by atomic mass is 16.2. The van der Waals surface area contributed by atoms with Crippen LogP contribution in [0.2, 0.25) is 0 Å². The lowest BCUT2D eigenvalue weighted by Gasteiger charge is -2.17. The molecule has 0 spiro atoms. The molecule has 1 aliphatic rings. The van der Waals surface area contributed by atoms with Gasteiger partial charge in [-0.2, -0.15) is 0 Å². The molecule has 0 unspecified atom stereocenters. The molecule has 0 fully saturated rings. The average Bonchev–Trinajstić information content (AvgIpc) is 3.47. The van der Waals surface area contributed by atoms with E-state index in [1.807, 2.05) is 0 Å². The molecule has 2 aromatic heterocycles. The molecule has 0 saturated heterocycles. The first kappa shape index (κ1) is 26.7. The topological polar surface area (TPSA) is 79.2 Å². The van der Waals surface area contributed by atoms with Crippen molar-refractivity contribution in [2.75, 3.05) is 20.3 Å². The Morgan fingerprint density at radius 3 is 1.94 bits per heavy atom. The molecular weight excluding hydrogens is 416 g/mol. The number of nitrogens with one attached hydrogen (secondary N) is 1. The first-order valence-corrected chi connectivity index (χ1v) is 12.7. The molecule has 33 heavy (non-hydrogen) atoms. The zero-order valence-corrected chi connectivity index (χ0v) is 21.2. The number of hydrogen-bond donors (Lipinski definition) is 1. The number of aryl methyl sites for hydroxylation is 1. The fraction of sp³-hybridized carbons (Fsp3) is 0.720. The summed E-state index contributed by atoms with van der Waals surface area (Å²) in [4.78, 5) is 34.0. The number of imidazole rings is 1. The number of hydrogen-bond acceptors (Lipinski definition) is 5. The number of aromatic nitrogens is 4. The lowest BCUT2D eigenvalue weighted by Crippen LogP contribution is -2.36. The van der Waals surface area contributed by atoms with E-state index in [-0.39, 0.29) is 11.2 Å². The van der Waals surface area contributed by atoms with Crippen molar-refractivity contribution in [2.45, 2.75) is 84.0 Å². The normalized spacial score (nSPS) is 13.1. The van der Waals surface area contributed by atoms with Gasteiger partial charge in [-0.15, -0.1) is 0 Å². The third-order valence-corrected chi connectivity index (χ3v) is 6.26. The van der Waals surface area contributed by atoms with Gasteiger partial charge in [-0.3, -0.25) is 13.9 Å². The third kappa shape index (κ3) is 8.74. The molecule has 0 amide bonds. The van der Waals surface area contributed by atoms with E-state index in [0.29, 0.717) is 11.2 Å². The largest absolute Gasteiger partial charge is 0.362 e. The standard InChI is InChI=1S/C18H36N2.C7H8N4O2/c1-3-4-5-6-7-8-9-10-11-12-13-14-15-20-17-16-19(2)18-20;1-10-5-4(8-3-9-5)6(12)11(2)7(10)13/h16-17H,3-15,18H2,1-2H3;3H,1-2H3,(H,8,9). The fourth-order valence-electron chi connectivity index (χ4n) is 4.16. The number of rotatable bonds is 13. The minimum absolute atomic E-state index is 0.351. The van der Waals surface area contributed by atoms with Gasteiger partial charge in [0.25, 0.3) is 5.56 Å². The summed E-state index contributed by atoms with van der Waals surface area (Å²) >= 11 is 0. The lowest BCUT2D eigenvalue weighted by molar-refractivity contribution is 0.290. The zero-order chi connectivity index (χ0) is 24.1. The van der Waals surface area contributed by atoms with E-state index in [9.17, 15) is 9.59 Å². The first-order chi connectivity index (χ1) is 16.0. The van der Waals surface area contributed by atoms with Gasteiger partial charge in [0.2, 0.25) is 0 Å². The molecule has 8 heteroatoms. The number of nitrogens with zero attached hydrogens (tertiary/aromatic N) is 5. The van der Waals surface area contributed by atoms with Crippen molar-refractivity contribution in [2.24, 2.45) is 14.1 Å². The Hall–Kier alpha value is -2.51. The maximum absolute atomic E-state index is 11.4. The summed E-state index contributed by atoms with van der Waals surface area (Å²) in [6, 6.07) is 0. The van der Waals surface area contributed by atoms with Crippen LogP contribution in [0.25, 0.3) is 11.2 Å². The summed E-state index contributed by atoms with van der Waals surface area (Å²) in [5, 5.41) is 0. The van der Waals surface area contributed by atoms with Crippen molar-refractivity contribution >= 4 is 11.2 Å². The Kier molecular flexibility index (Phi) is 11.8. The molecule has 2 aromatic rings. The Bertz CT molecular complexity index is 958. The highest BCUT2D eigenvalue weighted by Crippen LogP contribution is 2.12. The second-order valence-corrected chi connectivity index (χ2v) is 9.20. The SMILES string of the molecule is CCCCCCCCCCCCCCN1C=CN(C)C1.Cn1c(=O)c2[nH]cnc2n(C)c1=O. The van der Waals surface area contributed by atoms with E-state index in [1.165, 1.54) is 102 Å². The molecule has 3 rings (SSSR count). The number of unbranched alkanes of at least 4 members (excludes halogenated alkanes) is 11. The summed E-state index contributed by atoms with van der Waals surface area (Å²) in [6.45, 7) is 4.61. The van der Waals surface area contributed by atoms with E-state index in [0.717, 1.165) is 11.2 Å². The molecular formula is C25H44N6O2. The predicted molar refractivity (Wildman–Crippen MR) is 136 cm³/mol. The van der Waals surface area contributed by atoms with E-state index in [2.05, 4.69) is 46.1 Å². The van der Waals surface area contributed by atoms with Gasteiger partial charge in [-0.05, 0) is 6.42 Å². The molecule has 0 aromatic carbocycles. The van der Waals surface area contributed by atoms with Gasteiger partial charge in [0, 0.05) is 40.1 Å². The predicted octanol–water partition coefficient (Wildman–Crippen LogP) is 4.32. The van der Waals surface area contributed by atoms with Crippen molar-refractivity contribution < 1.29 is 0 Å². The Morgan fingerprint density at radius 1 is 0.818 bits per heavy atom. The van der Waals surface area contributed by atoms with Crippen LogP contribution in [0.3, 0.4) is 0 Å². The molecule has 0 bridgehead atoms. The first-order valence-electron chi connectivity index (χ1n) is 12.7. The van der Waals surface area contributed by atoms with Crippen LogP contribution in [0.1, 0.15) is 84.0 Å². The van der Waals surface area contributed by atoms with Crippen LogP contribution in [0.15, 0.2) is 28.3 Å². The van der Waals surface area contributed by atoms with E-state index < -0.39 is 0 Å². The van der Waals surface area contributed by atoms with Crippen LogP contribution in [0, 0.1) is 0 Å². The lowest BCUT2D eigenvalue weighted by atomic mass is 10.1. The van der Waals surface area contributed by atoms with Crippen molar-refractivity contribution in [1.82, 2.24) is 28.9 Å². The highest BCUT2D eigenvalue weighted by Gasteiger charge is 2.09. The molecule has 0 radical (unpaired) electrons. The van der Waals surface area contributed by atoms with Crippen LogP contribution >= 0.6 is 0 Å². The number of fused-ring (bicyclic) bond motifs is 1. The van der Waals surface area contributed by atoms with Crippen molar-refractivity contribution in [3.63, 3.8) is 0 Å². The van der Waals surface area contributed by atoms with E-state index >= 15 is 0 Å². The second-order valence-electron chi connectivity index (χ2n) is 9.20. The van der Waals surface area contributed by atoms with Crippen molar-refractivity contribution in [1.29, 1.82) is 0 Å². The summed E-state index contributed by atoms with van der Waals surface area (Å²) in [6.07, 6.45) is 23.0. The van der Waals surface area contributed by atoms with Gasteiger partial charge in [-0.1, -0.05) is 77.6 Å². The molecule has 8 nitrogen and oxygen atoms in total. The second kappa shape index (κ2) is 14.6. The quantitative estimate of drug-likeness (QED) is 0.450. The van der Waals surface area contributed by atoms with Crippen LogP contribution in [-0.4, -0.2) is 49.2 Å². The zero-order valence-electron chi connectivity index (χ0n) is 21.2. The van der Waals surface area contributed by atoms with Gasteiger partial charge >= 0.3 is 5.69 Å². The van der Waals surface area contributed by atoms with Crippen molar-refractivity contribution in [3.8, 4) is 0 Å². The van der Waals surface area contributed by atoms with Gasteiger partial charge in [0.05, 0.1) is 13.0 Å². The maximum atomic E-state index is 11.4. The molecule has 186 valence electrons. The van der Waals surface area contributed by atoms with Crippen LogP contribution < -0.4 is 11.2 Å². The Labute approximate surface area is 198 Å². The molecule has 1 aliphatic heterocycles. The Balaban J connectivity index is 0.000000254. The smallest absolute Gasteiger partial charge is 0.332 e.